The van der Waals surface area contributed by atoms with Gasteiger partial charge in [-0.3, -0.25) is 4.79 Å². The van der Waals surface area contributed by atoms with Gasteiger partial charge in [0.2, 0.25) is 5.91 Å². The maximum atomic E-state index is 12.2. The largest absolute Gasteiger partial charge is 0.341 e. The van der Waals surface area contributed by atoms with Crippen LogP contribution in [0.5, 0.6) is 0 Å². The van der Waals surface area contributed by atoms with Crippen molar-refractivity contribution in [2.24, 2.45) is 0 Å². The molecule has 0 spiro atoms. The van der Waals surface area contributed by atoms with E-state index in [0.29, 0.717) is 12.6 Å². The lowest BCUT2D eigenvalue weighted by molar-refractivity contribution is -0.132. The van der Waals surface area contributed by atoms with Gasteiger partial charge in [0.15, 0.2) is 0 Å². The summed E-state index contributed by atoms with van der Waals surface area (Å²) in [5.41, 5.74) is 0. The summed E-state index contributed by atoms with van der Waals surface area (Å²) in [4.78, 5) is 16.9. The number of piperidine rings is 2. The number of carbonyl (C=O) groups excluding carboxylic acids is 1. The first-order chi connectivity index (χ1) is 9.70. The Morgan fingerprint density at radius 3 is 2.40 bits per heavy atom. The third-order valence-electron chi connectivity index (χ3n) is 4.94. The zero-order chi connectivity index (χ0) is 14.4. The number of nitrogens with zero attached hydrogens (tertiary/aromatic N) is 2. The van der Waals surface area contributed by atoms with E-state index in [2.05, 4.69) is 29.0 Å². The maximum Gasteiger partial charge on any atom is 0.236 e. The van der Waals surface area contributed by atoms with Gasteiger partial charge in [-0.25, -0.2) is 0 Å². The first kappa shape index (κ1) is 15.8. The molecule has 2 fully saturated rings. The Kier molecular flexibility index (Phi) is 6.30. The normalized spacial score (nSPS) is 23.8. The second-order valence-electron chi connectivity index (χ2n) is 6.40. The Labute approximate surface area is 123 Å². The van der Waals surface area contributed by atoms with E-state index in [9.17, 15) is 4.79 Å². The highest BCUT2D eigenvalue weighted by Gasteiger charge is 2.27. The van der Waals surface area contributed by atoms with Crippen molar-refractivity contribution < 1.29 is 4.79 Å². The summed E-state index contributed by atoms with van der Waals surface area (Å²) in [5, 5.41) is 3.30. The number of likely N-dealkylation sites (tertiary alicyclic amines) is 2. The van der Waals surface area contributed by atoms with E-state index in [1.54, 1.807) is 0 Å². The summed E-state index contributed by atoms with van der Waals surface area (Å²) in [5.74, 6) is 0.280. The van der Waals surface area contributed by atoms with Crippen LogP contribution in [0.2, 0.25) is 0 Å². The van der Waals surface area contributed by atoms with Crippen LogP contribution >= 0.6 is 0 Å². The first-order valence-corrected chi connectivity index (χ1v) is 8.46. The molecule has 0 bridgehead atoms. The molecule has 1 N–H and O–H groups in total. The fraction of sp³-hybridized carbons (Fsp3) is 0.938. The van der Waals surface area contributed by atoms with Crippen LogP contribution in [0.4, 0.5) is 0 Å². The Bertz CT molecular complexity index is 294. The van der Waals surface area contributed by atoms with Gasteiger partial charge >= 0.3 is 0 Å². The molecule has 1 atom stereocenters. The van der Waals surface area contributed by atoms with Gasteiger partial charge in [0.05, 0.1) is 6.54 Å². The molecule has 4 heteroatoms. The number of rotatable bonds is 5. The fourth-order valence-corrected chi connectivity index (χ4v) is 3.28. The molecule has 0 radical (unpaired) electrons. The van der Waals surface area contributed by atoms with Gasteiger partial charge in [-0.15, -0.1) is 0 Å². The van der Waals surface area contributed by atoms with Gasteiger partial charge < -0.3 is 15.1 Å². The Morgan fingerprint density at radius 2 is 1.80 bits per heavy atom. The van der Waals surface area contributed by atoms with Gasteiger partial charge in [-0.1, -0.05) is 13.3 Å². The van der Waals surface area contributed by atoms with Gasteiger partial charge in [-0.05, 0) is 52.1 Å². The maximum absolute atomic E-state index is 12.2. The molecule has 0 saturated carbocycles. The quantitative estimate of drug-likeness (QED) is 0.835. The van der Waals surface area contributed by atoms with E-state index in [0.717, 1.165) is 38.4 Å². The van der Waals surface area contributed by atoms with E-state index < -0.39 is 0 Å². The van der Waals surface area contributed by atoms with Crippen LogP contribution in [-0.4, -0.2) is 60.5 Å². The molecule has 116 valence electrons. The Balaban J connectivity index is 1.69. The van der Waals surface area contributed by atoms with E-state index in [1.165, 1.54) is 32.4 Å². The lowest BCUT2D eigenvalue weighted by Crippen LogP contribution is -2.50. The molecule has 4 nitrogen and oxygen atoms in total. The molecule has 2 rings (SSSR count). The average Bonchev–Trinajstić information content (AvgIpc) is 2.53. The molecule has 0 aromatic heterocycles. The zero-order valence-electron chi connectivity index (χ0n) is 13.2. The molecule has 0 aliphatic carbocycles. The van der Waals surface area contributed by atoms with Gasteiger partial charge in [0.25, 0.3) is 0 Å². The van der Waals surface area contributed by atoms with Gasteiger partial charge in [0.1, 0.15) is 0 Å². The minimum Gasteiger partial charge on any atom is -0.341 e. The molecule has 2 saturated heterocycles. The van der Waals surface area contributed by atoms with E-state index in [-0.39, 0.29) is 5.91 Å². The molecule has 1 amide bonds. The predicted octanol–water partition coefficient (Wildman–Crippen LogP) is 1.85. The summed E-state index contributed by atoms with van der Waals surface area (Å²) in [6, 6.07) is 1.16. The highest BCUT2D eigenvalue weighted by Crippen LogP contribution is 2.20. The Hall–Kier alpha value is -0.610. The van der Waals surface area contributed by atoms with Crippen LogP contribution in [0, 0.1) is 0 Å². The second-order valence-corrected chi connectivity index (χ2v) is 6.40. The molecule has 2 aliphatic rings. The summed E-state index contributed by atoms with van der Waals surface area (Å²) < 4.78 is 0. The molecule has 2 heterocycles. The molecular formula is C16H31N3O. The molecule has 0 aromatic rings. The van der Waals surface area contributed by atoms with Crippen molar-refractivity contribution in [1.29, 1.82) is 0 Å². The standard InChI is InChI=1S/C16H31N3O/c1-3-14(2)17-13-16(20)19-11-7-15(8-12-19)18-9-5-4-6-10-18/h14-15,17H,3-13H2,1-2H3. The number of hydrogen-bond donors (Lipinski definition) is 1. The third kappa shape index (κ3) is 4.45. The molecule has 0 aromatic carbocycles. The number of nitrogens with one attached hydrogen (secondary N) is 1. The van der Waals surface area contributed by atoms with Crippen molar-refractivity contribution in [1.82, 2.24) is 15.1 Å². The highest BCUT2D eigenvalue weighted by molar-refractivity contribution is 5.78. The molecule has 2 aliphatic heterocycles. The van der Waals surface area contributed by atoms with Gasteiger partial charge in [-0.2, -0.15) is 0 Å². The Morgan fingerprint density at radius 1 is 1.15 bits per heavy atom. The zero-order valence-corrected chi connectivity index (χ0v) is 13.2. The van der Waals surface area contributed by atoms with Crippen LogP contribution in [0.25, 0.3) is 0 Å². The first-order valence-electron chi connectivity index (χ1n) is 8.46. The predicted molar refractivity (Wildman–Crippen MR) is 82.8 cm³/mol. The van der Waals surface area contributed by atoms with Gasteiger partial charge in [0, 0.05) is 25.2 Å². The second kappa shape index (κ2) is 7.99. The topological polar surface area (TPSA) is 35.6 Å². The minimum absolute atomic E-state index is 0.280. The van der Waals surface area contributed by atoms with E-state index >= 15 is 0 Å². The summed E-state index contributed by atoms with van der Waals surface area (Å²) in [7, 11) is 0. The summed E-state index contributed by atoms with van der Waals surface area (Å²) in [6.45, 7) is 9.22. The monoisotopic (exact) mass is 281 g/mol. The van der Waals surface area contributed by atoms with Crippen molar-refractivity contribution in [3.63, 3.8) is 0 Å². The lowest BCUT2D eigenvalue weighted by Gasteiger charge is -2.40. The van der Waals surface area contributed by atoms with Crippen molar-refractivity contribution in [2.75, 3.05) is 32.7 Å². The van der Waals surface area contributed by atoms with E-state index in [4.69, 9.17) is 0 Å². The highest BCUT2D eigenvalue weighted by atomic mass is 16.2. The summed E-state index contributed by atoms with van der Waals surface area (Å²) in [6.07, 6.45) is 7.51. The minimum atomic E-state index is 0.280. The fourth-order valence-electron chi connectivity index (χ4n) is 3.28. The smallest absolute Gasteiger partial charge is 0.236 e. The van der Waals surface area contributed by atoms with Crippen LogP contribution in [-0.2, 0) is 4.79 Å². The van der Waals surface area contributed by atoms with E-state index in [1.807, 2.05) is 0 Å². The van der Waals surface area contributed by atoms with Crippen LogP contribution in [0.1, 0.15) is 52.4 Å². The van der Waals surface area contributed by atoms with Crippen LogP contribution < -0.4 is 5.32 Å². The molecule has 1 unspecified atom stereocenters. The SMILES string of the molecule is CCC(C)NCC(=O)N1CCC(N2CCCCC2)CC1. The number of amides is 1. The average molecular weight is 281 g/mol. The number of hydrogen-bond acceptors (Lipinski definition) is 3. The molecule has 20 heavy (non-hydrogen) atoms. The van der Waals surface area contributed by atoms with Crippen molar-refractivity contribution >= 4 is 5.91 Å². The third-order valence-corrected chi connectivity index (χ3v) is 4.94. The van der Waals surface area contributed by atoms with Crippen molar-refractivity contribution in [2.45, 2.75) is 64.5 Å². The number of carbonyl (C=O) groups is 1. The van der Waals surface area contributed by atoms with Crippen LogP contribution in [0.15, 0.2) is 0 Å². The van der Waals surface area contributed by atoms with Crippen LogP contribution in [0.3, 0.4) is 0 Å². The lowest BCUT2D eigenvalue weighted by atomic mass is 10.00. The van der Waals surface area contributed by atoms with Crippen molar-refractivity contribution in [3.8, 4) is 0 Å². The van der Waals surface area contributed by atoms with Crippen molar-refractivity contribution in [3.05, 3.63) is 0 Å². The summed E-state index contributed by atoms with van der Waals surface area (Å²) >= 11 is 0. The molecular weight excluding hydrogens is 250 g/mol.